The van der Waals surface area contributed by atoms with E-state index in [0.29, 0.717) is 5.69 Å². The van der Waals surface area contributed by atoms with E-state index in [1.807, 2.05) is 30.3 Å². The van der Waals surface area contributed by atoms with E-state index in [1.165, 1.54) is 4.57 Å². The average Bonchev–Trinajstić information content (AvgIpc) is 3.71. The van der Waals surface area contributed by atoms with E-state index in [2.05, 4.69) is 0 Å². The molecule has 2 nitrogen and oxygen atoms in total. The maximum Gasteiger partial charge on any atom is 0.0652 e. The van der Waals surface area contributed by atoms with Gasteiger partial charge >= 0.3 is 0 Å². The van der Waals surface area contributed by atoms with E-state index >= 15 is 0 Å². The summed E-state index contributed by atoms with van der Waals surface area (Å²) in [6, 6.07) is 7.34. The van der Waals surface area contributed by atoms with Gasteiger partial charge in [-0.1, -0.05) is 96.8 Å². The SMILES string of the molecule is [2H]c1c([2H])c([2H])c2c(c1[2H])c1c([2H])c(-n3c4c([2H])c([2H])c([2H])c([2H])c4c4c([2H])c([2H])c([2H])c([2H])c43)c([2H])c([2H])c1n2-c1ccc(-c2ccccc2)cc1. The van der Waals surface area contributed by atoms with Crippen LogP contribution in [0.4, 0.5) is 0 Å². The highest BCUT2D eigenvalue weighted by molar-refractivity contribution is 6.12. The minimum absolute atomic E-state index is 0.0666. The molecule has 0 saturated carbocycles. The second-order valence-corrected chi connectivity index (χ2v) is 8.70. The molecule has 0 fully saturated rings. The largest absolute Gasteiger partial charge is 0.309 e. The van der Waals surface area contributed by atoms with Crippen molar-refractivity contribution in [1.29, 1.82) is 0 Å². The molecule has 38 heavy (non-hydrogen) atoms. The number of rotatable bonds is 3. The summed E-state index contributed by atoms with van der Waals surface area (Å²) in [6.45, 7) is 0. The zero-order valence-corrected chi connectivity index (χ0v) is 19.6. The van der Waals surface area contributed by atoms with Gasteiger partial charge in [0.1, 0.15) is 0 Å². The normalized spacial score (nSPS) is 17.2. The zero-order chi connectivity index (χ0) is 38.1. The Labute approximate surface area is 241 Å². The molecule has 0 amide bonds. The fraction of sp³-hybridized carbons (Fsp3) is 0. The molecule has 0 atom stereocenters. The van der Waals surface area contributed by atoms with Crippen molar-refractivity contribution in [3.63, 3.8) is 0 Å². The van der Waals surface area contributed by atoms with Crippen molar-refractivity contribution < 1.29 is 20.6 Å². The van der Waals surface area contributed by atoms with Crippen LogP contribution in [0.15, 0.2) is 145 Å². The number of fused-ring (bicyclic) bond motifs is 6. The summed E-state index contributed by atoms with van der Waals surface area (Å²) in [4.78, 5) is 0. The third-order valence-corrected chi connectivity index (χ3v) is 6.63. The molecule has 0 aliphatic carbocycles. The molecule has 2 heteroatoms. The lowest BCUT2D eigenvalue weighted by molar-refractivity contribution is 1.17. The Balaban J connectivity index is 1.60. The van der Waals surface area contributed by atoms with Crippen molar-refractivity contribution in [2.24, 2.45) is 0 Å². The summed E-state index contributed by atoms with van der Waals surface area (Å²) in [6.07, 6.45) is 0. The van der Waals surface area contributed by atoms with Gasteiger partial charge in [0.05, 0.1) is 42.6 Å². The fourth-order valence-electron chi connectivity index (χ4n) is 4.95. The van der Waals surface area contributed by atoms with Crippen LogP contribution < -0.4 is 0 Å². The maximum absolute atomic E-state index is 9.67. The Morgan fingerprint density at radius 3 is 1.47 bits per heavy atom. The smallest absolute Gasteiger partial charge is 0.0652 e. The lowest BCUT2D eigenvalue weighted by Gasteiger charge is -2.11. The number of aromatic nitrogens is 2. The van der Waals surface area contributed by atoms with Crippen LogP contribution in [0.3, 0.4) is 0 Å². The van der Waals surface area contributed by atoms with Crippen molar-refractivity contribution in [3.8, 4) is 22.5 Å². The summed E-state index contributed by atoms with van der Waals surface area (Å²) in [5.74, 6) is 0. The molecule has 0 N–H and O–H groups in total. The second-order valence-electron chi connectivity index (χ2n) is 8.70. The third-order valence-electron chi connectivity index (χ3n) is 6.63. The summed E-state index contributed by atoms with van der Waals surface area (Å²) < 4.78 is 135. The van der Waals surface area contributed by atoms with Crippen molar-refractivity contribution >= 4 is 43.6 Å². The molecule has 2 aromatic heterocycles. The molecule has 8 aromatic rings. The first-order valence-electron chi connectivity index (χ1n) is 19.3. The lowest BCUT2D eigenvalue weighted by atomic mass is 10.1. The summed E-state index contributed by atoms with van der Waals surface area (Å²) >= 11 is 0. The van der Waals surface area contributed by atoms with Crippen LogP contribution in [-0.4, -0.2) is 9.13 Å². The van der Waals surface area contributed by atoms with Crippen molar-refractivity contribution in [1.82, 2.24) is 9.13 Å². The lowest BCUT2D eigenvalue weighted by Crippen LogP contribution is -1.95. The minimum atomic E-state index is -0.697. The minimum Gasteiger partial charge on any atom is -0.309 e. The molecule has 0 aliphatic heterocycles. The van der Waals surface area contributed by atoms with Crippen molar-refractivity contribution in [2.45, 2.75) is 0 Å². The topological polar surface area (TPSA) is 9.86 Å². The highest BCUT2D eigenvalue weighted by Crippen LogP contribution is 2.37. The van der Waals surface area contributed by atoms with E-state index in [9.17, 15) is 4.11 Å². The van der Waals surface area contributed by atoms with Gasteiger partial charge in [0.15, 0.2) is 0 Å². The highest BCUT2D eigenvalue weighted by atomic mass is 15.0. The number of nitrogens with zero attached hydrogens (tertiary/aromatic N) is 2. The number of hydrogen-bond donors (Lipinski definition) is 0. The molecule has 0 saturated heterocycles. The first-order valence-corrected chi connectivity index (χ1v) is 11.8. The molecular formula is C36H24N2. The number of hydrogen-bond acceptors (Lipinski definition) is 0. The van der Waals surface area contributed by atoms with Gasteiger partial charge in [-0.3, -0.25) is 0 Å². The van der Waals surface area contributed by atoms with Crippen LogP contribution in [0.25, 0.3) is 66.1 Å². The van der Waals surface area contributed by atoms with Crippen molar-refractivity contribution in [3.05, 3.63) is 145 Å². The van der Waals surface area contributed by atoms with E-state index in [-0.39, 0.29) is 43.6 Å². The van der Waals surface area contributed by atoms with Crippen LogP contribution in [-0.2, 0) is 0 Å². The van der Waals surface area contributed by atoms with E-state index in [4.69, 9.17) is 16.4 Å². The molecule has 0 radical (unpaired) electrons. The molecule has 0 bridgehead atoms. The standard InChI is InChI=1S/C36H24N2/c1-2-10-25(11-3-1)26-18-20-27(21-19-26)37-35-17-9-6-14-31(35)32-24-28(22-23-36(32)37)38-33-15-7-4-12-29(33)30-13-5-8-16-34(30)38/h1-24H/i4D,5D,6D,7D,8D,9D,12D,13D,14D,15D,16D,17D,22D,23D,24D. The Hall–Kier alpha value is -5.08. The summed E-state index contributed by atoms with van der Waals surface area (Å²) in [7, 11) is 0. The van der Waals surface area contributed by atoms with Gasteiger partial charge in [0, 0.05) is 32.9 Å². The van der Waals surface area contributed by atoms with Crippen LogP contribution in [0.2, 0.25) is 0 Å². The van der Waals surface area contributed by atoms with Gasteiger partial charge in [-0.15, -0.1) is 0 Å². The van der Waals surface area contributed by atoms with Crippen LogP contribution in [0.1, 0.15) is 20.6 Å². The van der Waals surface area contributed by atoms with Crippen LogP contribution in [0.5, 0.6) is 0 Å². The number of para-hydroxylation sites is 3. The van der Waals surface area contributed by atoms with E-state index < -0.39 is 96.3 Å². The third kappa shape index (κ3) is 3.07. The Morgan fingerprint density at radius 1 is 0.395 bits per heavy atom. The molecule has 0 spiro atoms. The molecular weight excluding hydrogens is 460 g/mol. The summed E-state index contributed by atoms with van der Waals surface area (Å²) in [5.41, 5.74) is 0.803. The van der Waals surface area contributed by atoms with E-state index in [1.54, 1.807) is 24.3 Å². The molecule has 8 rings (SSSR count). The van der Waals surface area contributed by atoms with Crippen molar-refractivity contribution in [2.75, 3.05) is 0 Å². The van der Waals surface area contributed by atoms with Gasteiger partial charge in [-0.05, 0) is 59.5 Å². The Bertz CT molecular complexity index is 2850. The number of benzene rings is 6. The Kier molecular flexibility index (Phi) is 2.41. The van der Waals surface area contributed by atoms with E-state index in [0.717, 1.165) is 15.7 Å². The van der Waals surface area contributed by atoms with Gasteiger partial charge in [0.25, 0.3) is 0 Å². The van der Waals surface area contributed by atoms with Gasteiger partial charge < -0.3 is 9.13 Å². The van der Waals surface area contributed by atoms with Gasteiger partial charge in [-0.2, -0.15) is 0 Å². The molecule has 0 aliphatic rings. The second kappa shape index (κ2) is 8.22. The average molecular weight is 500 g/mol. The first kappa shape index (κ1) is 11.1. The zero-order valence-electron chi connectivity index (χ0n) is 34.6. The highest BCUT2D eigenvalue weighted by Gasteiger charge is 2.16. The van der Waals surface area contributed by atoms with Gasteiger partial charge in [-0.25, -0.2) is 0 Å². The predicted molar refractivity (Wildman–Crippen MR) is 161 cm³/mol. The fourth-order valence-corrected chi connectivity index (χ4v) is 4.95. The van der Waals surface area contributed by atoms with Gasteiger partial charge in [0.2, 0.25) is 0 Å². The molecule has 6 aromatic carbocycles. The van der Waals surface area contributed by atoms with Crippen LogP contribution in [0, 0.1) is 0 Å². The Morgan fingerprint density at radius 2 is 0.868 bits per heavy atom. The quantitative estimate of drug-likeness (QED) is 0.229. The molecule has 0 unspecified atom stereocenters. The predicted octanol–water partition coefficient (Wildman–Crippen LogP) is 9.55. The molecule has 2 heterocycles. The monoisotopic (exact) mass is 499 g/mol. The molecule has 178 valence electrons. The summed E-state index contributed by atoms with van der Waals surface area (Å²) in [5, 5.41) is -0.841. The first-order chi connectivity index (χ1) is 25.1. The maximum atomic E-state index is 9.67. The van der Waals surface area contributed by atoms with Crippen LogP contribution >= 0.6 is 0 Å².